The minimum atomic E-state index is 0.0532. The fraction of sp³-hybridized carbons (Fsp3) is 0.200. The summed E-state index contributed by atoms with van der Waals surface area (Å²) in [6, 6.07) is 0. The van der Waals surface area contributed by atoms with Gasteiger partial charge in [-0.15, -0.1) is 6.42 Å². The normalized spacial score (nSPS) is 6.50. The predicted molar refractivity (Wildman–Crippen MR) is 25.2 cm³/mol. The van der Waals surface area contributed by atoms with E-state index in [9.17, 15) is 0 Å². The van der Waals surface area contributed by atoms with Crippen LogP contribution >= 0.6 is 0 Å². The second kappa shape index (κ2) is 2.34. The Balaban J connectivity index is 3.13. The Morgan fingerprint density at radius 3 is 2.50 bits per heavy atom. The van der Waals surface area contributed by atoms with Crippen molar-refractivity contribution in [1.29, 1.82) is 0 Å². The highest BCUT2D eigenvalue weighted by Gasteiger charge is 1.75. The maximum absolute atomic E-state index is 8.22. The SMILES string of the molecule is C#CCC(=C)O. The van der Waals surface area contributed by atoms with Crippen molar-refractivity contribution in [3.8, 4) is 12.3 Å². The molecule has 0 saturated carbocycles. The van der Waals surface area contributed by atoms with E-state index in [1.807, 2.05) is 0 Å². The maximum atomic E-state index is 8.22. The number of hydrogen-bond acceptors (Lipinski definition) is 1. The van der Waals surface area contributed by atoms with E-state index in [-0.39, 0.29) is 12.2 Å². The molecule has 0 aliphatic carbocycles. The van der Waals surface area contributed by atoms with Crippen molar-refractivity contribution < 1.29 is 5.11 Å². The number of terminal acetylenes is 1. The van der Waals surface area contributed by atoms with Crippen LogP contribution in [0.1, 0.15) is 6.42 Å². The maximum Gasteiger partial charge on any atom is 0.0970 e. The van der Waals surface area contributed by atoms with Crippen LogP contribution in [-0.4, -0.2) is 5.11 Å². The van der Waals surface area contributed by atoms with E-state index in [2.05, 4.69) is 12.5 Å². The number of allylic oxidation sites excluding steroid dienone is 1. The van der Waals surface area contributed by atoms with Crippen molar-refractivity contribution in [1.82, 2.24) is 0 Å². The summed E-state index contributed by atoms with van der Waals surface area (Å²) in [6.45, 7) is 3.16. The molecule has 0 aromatic rings. The lowest BCUT2D eigenvalue weighted by Crippen LogP contribution is -1.69. The van der Waals surface area contributed by atoms with Crippen molar-refractivity contribution in [2.24, 2.45) is 0 Å². The average molecular weight is 82.1 g/mol. The molecule has 0 aromatic carbocycles. The summed E-state index contributed by atoms with van der Waals surface area (Å²) in [5.41, 5.74) is 0. The van der Waals surface area contributed by atoms with Crippen molar-refractivity contribution in [2.45, 2.75) is 6.42 Å². The molecule has 0 unspecified atom stereocenters. The zero-order valence-electron chi connectivity index (χ0n) is 3.44. The van der Waals surface area contributed by atoms with Gasteiger partial charge in [-0.25, -0.2) is 0 Å². The van der Waals surface area contributed by atoms with Gasteiger partial charge < -0.3 is 5.11 Å². The van der Waals surface area contributed by atoms with Crippen LogP contribution in [0.2, 0.25) is 0 Å². The molecule has 0 bridgehead atoms. The lowest BCUT2D eigenvalue weighted by molar-refractivity contribution is 0.406. The van der Waals surface area contributed by atoms with Crippen molar-refractivity contribution >= 4 is 0 Å². The van der Waals surface area contributed by atoms with Gasteiger partial charge in [-0.2, -0.15) is 0 Å². The highest BCUT2D eigenvalue weighted by Crippen LogP contribution is 1.84. The highest BCUT2D eigenvalue weighted by molar-refractivity contribution is 4.97. The summed E-state index contributed by atoms with van der Waals surface area (Å²) in [7, 11) is 0. The summed E-state index contributed by atoms with van der Waals surface area (Å²) < 4.78 is 0. The van der Waals surface area contributed by atoms with E-state index in [0.717, 1.165) is 0 Å². The third-order valence-electron chi connectivity index (χ3n) is 0.306. The lowest BCUT2D eigenvalue weighted by atomic mass is 10.4. The first kappa shape index (κ1) is 5.10. The Labute approximate surface area is 37.3 Å². The lowest BCUT2D eigenvalue weighted by Gasteiger charge is -1.80. The Bertz CT molecular complexity index is 86.6. The van der Waals surface area contributed by atoms with Gasteiger partial charge in [-0.1, -0.05) is 12.5 Å². The van der Waals surface area contributed by atoms with Crippen LogP contribution in [0.3, 0.4) is 0 Å². The van der Waals surface area contributed by atoms with Crippen LogP contribution in [0.25, 0.3) is 0 Å². The van der Waals surface area contributed by atoms with E-state index in [4.69, 9.17) is 11.5 Å². The molecule has 0 saturated heterocycles. The van der Waals surface area contributed by atoms with Crippen molar-refractivity contribution in [2.75, 3.05) is 0 Å². The van der Waals surface area contributed by atoms with E-state index in [1.165, 1.54) is 0 Å². The molecule has 6 heavy (non-hydrogen) atoms. The molecule has 0 amide bonds. The van der Waals surface area contributed by atoms with E-state index in [1.54, 1.807) is 0 Å². The number of aliphatic hydroxyl groups is 1. The fourth-order valence-electron chi connectivity index (χ4n) is 0.118. The van der Waals surface area contributed by atoms with Crippen molar-refractivity contribution in [3.63, 3.8) is 0 Å². The smallest absolute Gasteiger partial charge is 0.0970 e. The van der Waals surface area contributed by atoms with Gasteiger partial charge in [0.25, 0.3) is 0 Å². The van der Waals surface area contributed by atoms with Gasteiger partial charge in [0.2, 0.25) is 0 Å². The fourth-order valence-corrected chi connectivity index (χ4v) is 0.118. The Kier molecular flexibility index (Phi) is 1.99. The summed E-state index contributed by atoms with van der Waals surface area (Å²) in [5.74, 6) is 2.27. The van der Waals surface area contributed by atoms with Crippen molar-refractivity contribution in [3.05, 3.63) is 12.3 Å². The first-order valence-corrected chi connectivity index (χ1v) is 1.57. The molecule has 1 heteroatoms. The summed E-state index contributed by atoms with van der Waals surface area (Å²) in [6.07, 6.45) is 5.02. The highest BCUT2D eigenvalue weighted by atomic mass is 16.3. The van der Waals surface area contributed by atoms with Crippen LogP contribution in [0, 0.1) is 12.3 Å². The van der Waals surface area contributed by atoms with E-state index in [0.29, 0.717) is 0 Å². The Morgan fingerprint density at radius 2 is 2.50 bits per heavy atom. The average Bonchev–Trinajstić information content (AvgIpc) is 1.35. The molecule has 0 fully saturated rings. The van der Waals surface area contributed by atoms with Gasteiger partial charge in [0.1, 0.15) is 0 Å². The molecule has 0 spiro atoms. The third-order valence-corrected chi connectivity index (χ3v) is 0.306. The zero-order chi connectivity index (χ0) is 4.99. The molecule has 0 aliphatic rings. The summed E-state index contributed by atoms with van der Waals surface area (Å²) >= 11 is 0. The standard InChI is InChI=1S/C5H6O/c1-3-4-5(2)6/h1,6H,2,4H2. The largest absolute Gasteiger partial charge is 0.512 e. The van der Waals surface area contributed by atoms with Gasteiger partial charge in [0.05, 0.1) is 12.2 Å². The third kappa shape index (κ3) is 3.10. The van der Waals surface area contributed by atoms with Gasteiger partial charge in [0, 0.05) is 0 Å². The molecular formula is C5H6O. The summed E-state index contributed by atoms with van der Waals surface area (Å²) in [5, 5.41) is 8.22. The van der Waals surface area contributed by atoms with Gasteiger partial charge in [-0.3, -0.25) is 0 Å². The van der Waals surface area contributed by atoms with Crippen LogP contribution in [-0.2, 0) is 0 Å². The van der Waals surface area contributed by atoms with E-state index >= 15 is 0 Å². The first-order chi connectivity index (χ1) is 2.77. The molecular weight excluding hydrogens is 76.1 g/mol. The quantitative estimate of drug-likeness (QED) is 0.370. The number of aliphatic hydroxyl groups excluding tert-OH is 1. The molecule has 0 aromatic heterocycles. The van der Waals surface area contributed by atoms with Crippen LogP contribution < -0.4 is 0 Å². The minimum Gasteiger partial charge on any atom is -0.512 e. The van der Waals surface area contributed by atoms with Gasteiger partial charge >= 0.3 is 0 Å². The predicted octanol–water partition coefficient (Wildman–Crippen LogP) is 1.08. The van der Waals surface area contributed by atoms with Crippen LogP contribution in [0.4, 0.5) is 0 Å². The second-order valence-corrected chi connectivity index (χ2v) is 0.947. The molecule has 0 rings (SSSR count). The zero-order valence-corrected chi connectivity index (χ0v) is 3.44. The number of rotatable bonds is 1. The number of hydrogen-bond donors (Lipinski definition) is 1. The second-order valence-electron chi connectivity index (χ2n) is 0.947. The van der Waals surface area contributed by atoms with Crippen LogP contribution in [0.15, 0.2) is 12.3 Å². The van der Waals surface area contributed by atoms with Crippen LogP contribution in [0.5, 0.6) is 0 Å². The summed E-state index contributed by atoms with van der Waals surface area (Å²) in [4.78, 5) is 0. The van der Waals surface area contributed by atoms with Gasteiger partial charge in [-0.05, 0) is 0 Å². The molecule has 0 aliphatic heterocycles. The molecule has 0 heterocycles. The minimum absolute atomic E-state index is 0.0532. The molecule has 1 nitrogen and oxygen atoms in total. The van der Waals surface area contributed by atoms with Gasteiger partial charge in [0.15, 0.2) is 0 Å². The Hall–Kier alpha value is -0.900. The molecule has 0 atom stereocenters. The Morgan fingerprint density at radius 1 is 2.00 bits per heavy atom. The molecule has 1 N–H and O–H groups in total. The topological polar surface area (TPSA) is 20.2 Å². The monoisotopic (exact) mass is 82.0 g/mol. The molecule has 0 radical (unpaired) electrons. The van der Waals surface area contributed by atoms with E-state index < -0.39 is 0 Å². The first-order valence-electron chi connectivity index (χ1n) is 1.57. The molecule has 32 valence electrons.